The van der Waals surface area contributed by atoms with E-state index in [9.17, 15) is 0 Å². The van der Waals surface area contributed by atoms with Gasteiger partial charge in [-0.1, -0.05) is 0 Å². The summed E-state index contributed by atoms with van der Waals surface area (Å²) < 4.78 is 8.81. The first-order valence-corrected chi connectivity index (χ1v) is 8.30. The Hall–Kier alpha value is -2.61. The number of hydrogen-bond acceptors (Lipinski definition) is 6. The van der Waals surface area contributed by atoms with Gasteiger partial charge in [0, 0.05) is 66.7 Å². The van der Waals surface area contributed by atoms with E-state index < -0.39 is 0 Å². The maximum absolute atomic E-state index is 8.81. The third-order valence-electron chi connectivity index (χ3n) is 3.96. The first kappa shape index (κ1) is 18.7. The number of H-pyrrole nitrogens is 1. The van der Waals surface area contributed by atoms with Crippen LogP contribution in [0.15, 0.2) is 24.5 Å². The van der Waals surface area contributed by atoms with Gasteiger partial charge in [0.1, 0.15) is 5.65 Å². The summed E-state index contributed by atoms with van der Waals surface area (Å²) in [7, 11) is 0.750. The second-order valence-corrected chi connectivity index (χ2v) is 5.52. The van der Waals surface area contributed by atoms with Crippen molar-refractivity contribution in [1.29, 1.82) is 10.8 Å². The zero-order chi connectivity index (χ0) is 18.1. The predicted octanol–water partition coefficient (Wildman–Crippen LogP) is 2.13. The molecule has 3 rings (SSSR count). The third kappa shape index (κ3) is 4.48. The molecule has 1 aliphatic rings. The van der Waals surface area contributed by atoms with Crippen LogP contribution < -0.4 is 10.2 Å². The largest absolute Gasteiger partial charge is 0.370 e. The van der Waals surface area contributed by atoms with Crippen molar-refractivity contribution >= 4 is 41.9 Å². The summed E-state index contributed by atoms with van der Waals surface area (Å²) in [6.45, 7) is 5.42. The molecule has 130 valence electrons. The van der Waals surface area contributed by atoms with Gasteiger partial charge in [-0.2, -0.15) is 0 Å². The summed E-state index contributed by atoms with van der Waals surface area (Å²) in [5.41, 5.74) is 3.60. The zero-order valence-electron chi connectivity index (χ0n) is 14.4. The predicted molar refractivity (Wildman–Crippen MR) is 104 cm³/mol. The molecule has 0 aliphatic carbocycles. The van der Waals surface area contributed by atoms with E-state index in [1.165, 1.54) is 19.3 Å². The minimum atomic E-state index is 0.712. The van der Waals surface area contributed by atoms with Gasteiger partial charge in [-0.05, 0) is 25.1 Å². The van der Waals surface area contributed by atoms with Crippen molar-refractivity contribution in [3.8, 4) is 0 Å². The van der Waals surface area contributed by atoms with E-state index in [2.05, 4.69) is 20.2 Å². The molecule has 0 radical (unpaired) electrons. The molecule has 0 spiro atoms. The van der Waals surface area contributed by atoms with Crippen LogP contribution in [0.5, 0.6) is 0 Å². The van der Waals surface area contributed by atoms with Crippen molar-refractivity contribution in [3.05, 3.63) is 30.1 Å². The van der Waals surface area contributed by atoms with Gasteiger partial charge in [0.05, 0.1) is 0 Å². The van der Waals surface area contributed by atoms with Crippen LogP contribution >= 0.6 is 0 Å². The molecule has 25 heavy (non-hydrogen) atoms. The Labute approximate surface area is 147 Å². The average Bonchev–Trinajstić information content (AvgIpc) is 2.87. The maximum atomic E-state index is 8.81. The summed E-state index contributed by atoms with van der Waals surface area (Å²) in [5, 5.41) is 19.3. The Kier molecular flexibility index (Phi) is 7.22. The number of aromatic amines is 1. The molecule has 0 atom stereocenters. The molecule has 2 aromatic heterocycles. The van der Waals surface area contributed by atoms with Gasteiger partial charge >= 0.3 is 18.7 Å². The van der Waals surface area contributed by atoms with E-state index >= 15 is 0 Å². The molecular formula is C17H23BN6O. The van der Waals surface area contributed by atoms with Crippen molar-refractivity contribution in [2.45, 2.75) is 13.2 Å². The average molecular weight is 338 g/mol. The van der Waals surface area contributed by atoms with Crippen LogP contribution in [0.3, 0.4) is 0 Å². The van der Waals surface area contributed by atoms with Crippen LogP contribution in [-0.4, -0.2) is 55.7 Å². The number of fused-ring (bicyclic) bond motifs is 1. The Morgan fingerprint density at radius 3 is 2.88 bits per heavy atom. The van der Waals surface area contributed by atoms with Gasteiger partial charge in [0.2, 0.25) is 0 Å². The molecule has 1 aliphatic heterocycles. The second kappa shape index (κ2) is 9.63. The molecule has 0 unspecified atom stereocenters. The van der Waals surface area contributed by atoms with Gasteiger partial charge < -0.3 is 26.0 Å². The smallest absolute Gasteiger partial charge is 0.139 e. The fraction of sp³-hybridized carbons (Fsp3) is 0.353. The fourth-order valence-electron chi connectivity index (χ4n) is 2.92. The van der Waals surface area contributed by atoms with E-state index in [4.69, 9.17) is 15.5 Å². The van der Waals surface area contributed by atoms with Crippen LogP contribution in [0.1, 0.15) is 12.0 Å². The molecule has 0 amide bonds. The Balaban J connectivity index is 0.000000701. The number of nitrogens with one attached hydrogen (secondary N) is 4. The molecule has 4 N–H and O–H groups in total. The molecule has 7 nitrogen and oxygen atoms in total. The van der Waals surface area contributed by atoms with Crippen LogP contribution in [0.25, 0.3) is 16.6 Å². The second-order valence-electron chi connectivity index (χ2n) is 5.52. The Morgan fingerprint density at radius 1 is 1.36 bits per heavy atom. The summed E-state index contributed by atoms with van der Waals surface area (Å²) in [4.78, 5) is 9.95. The van der Waals surface area contributed by atoms with E-state index in [1.54, 1.807) is 6.08 Å². The van der Waals surface area contributed by atoms with E-state index in [0.29, 0.717) is 5.57 Å². The summed E-state index contributed by atoms with van der Waals surface area (Å²) in [5.74, 6) is 0. The zero-order valence-corrected chi connectivity index (χ0v) is 14.4. The third-order valence-corrected chi connectivity index (χ3v) is 3.96. The fourth-order valence-corrected chi connectivity index (χ4v) is 2.92. The molecule has 1 fully saturated rings. The normalized spacial score (nSPS) is 14.9. The standard InChI is InChI=1S/C16H20N6.CH3BO/c17-4-2-12(10-18)13-11-21-16-15(13)14(3-6-20-16)22-8-1-5-19-7-9-22;1-2-3/h2-4,6,10-11,17-19H,1,5,7-9H2,(H,20,21);1H3/b12-2+,17-4?,18-10?;. The molecule has 0 aromatic carbocycles. The first-order chi connectivity index (χ1) is 12.3. The number of hydrogen-bond donors (Lipinski definition) is 4. The van der Waals surface area contributed by atoms with E-state index in [-0.39, 0.29) is 0 Å². The minimum absolute atomic E-state index is 0.712. The van der Waals surface area contributed by atoms with E-state index in [0.717, 1.165) is 62.0 Å². The molecule has 0 saturated carbocycles. The quantitative estimate of drug-likeness (QED) is 0.506. The molecular weight excluding hydrogens is 315 g/mol. The topological polar surface area (TPSA) is 109 Å². The van der Waals surface area contributed by atoms with Crippen molar-refractivity contribution in [1.82, 2.24) is 15.3 Å². The van der Waals surface area contributed by atoms with Crippen molar-refractivity contribution in [3.63, 3.8) is 0 Å². The van der Waals surface area contributed by atoms with Gasteiger partial charge in [-0.25, -0.2) is 4.98 Å². The monoisotopic (exact) mass is 338 g/mol. The minimum Gasteiger partial charge on any atom is -0.370 e. The van der Waals surface area contributed by atoms with Crippen LogP contribution in [0.2, 0.25) is 6.82 Å². The summed E-state index contributed by atoms with van der Waals surface area (Å²) in [6.07, 6.45) is 8.94. The maximum Gasteiger partial charge on any atom is 0.139 e. The number of allylic oxidation sites excluding steroid dienone is 2. The van der Waals surface area contributed by atoms with Crippen LogP contribution in [0, 0.1) is 10.8 Å². The van der Waals surface area contributed by atoms with Crippen LogP contribution in [-0.2, 0) is 4.70 Å². The molecule has 8 heteroatoms. The Morgan fingerprint density at radius 2 is 2.16 bits per heavy atom. The Bertz CT molecular complexity index is 762. The molecule has 1 saturated heterocycles. The van der Waals surface area contributed by atoms with Gasteiger partial charge in [-0.15, -0.1) is 0 Å². The van der Waals surface area contributed by atoms with E-state index in [1.807, 2.05) is 18.5 Å². The van der Waals surface area contributed by atoms with Gasteiger partial charge in [0.25, 0.3) is 0 Å². The molecule has 0 bridgehead atoms. The summed E-state index contributed by atoms with van der Waals surface area (Å²) >= 11 is 0. The molecule has 3 heterocycles. The summed E-state index contributed by atoms with van der Waals surface area (Å²) in [6, 6.07) is 2.04. The number of rotatable bonds is 4. The van der Waals surface area contributed by atoms with Crippen molar-refractivity contribution in [2.75, 3.05) is 31.1 Å². The van der Waals surface area contributed by atoms with Crippen molar-refractivity contribution < 1.29 is 4.70 Å². The number of pyridine rings is 1. The van der Waals surface area contributed by atoms with Crippen molar-refractivity contribution in [2.24, 2.45) is 0 Å². The number of aromatic nitrogens is 2. The molecule has 2 aromatic rings. The number of nitrogens with zero attached hydrogens (tertiary/aromatic N) is 2. The SMILES string of the molecule is CB=O.N=C/C=C(\C=N)c1c[nH]c2nccc(N3CCCNCC3)c12. The van der Waals surface area contributed by atoms with Gasteiger partial charge in [0.15, 0.2) is 0 Å². The first-order valence-electron chi connectivity index (χ1n) is 8.30. The number of anilines is 1. The van der Waals surface area contributed by atoms with Crippen LogP contribution in [0.4, 0.5) is 5.69 Å². The van der Waals surface area contributed by atoms with Gasteiger partial charge in [-0.3, -0.25) is 0 Å².